The number of aromatic nitrogens is 2. The second-order valence-corrected chi connectivity index (χ2v) is 12.5. The van der Waals surface area contributed by atoms with Crippen LogP contribution in [0.15, 0.2) is 23.3 Å². The van der Waals surface area contributed by atoms with Crippen molar-refractivity contribution in [1.82, 2.24) is 29.6 Å². The number of fused-ring (bicyclic) bond motifs is 1. The minimum absolute atomic E-state index is 0.0858. The molecule has 2 N–H and O–H groups in total. The summed E-state index contributed by atoms with van der Waals surface area (Å²) in [6.45, 7) is 1.58. The molecule has 0 aromatic carbocycles. The highest BCUT2D eigenvalue weighted by Gasteiger charge is 2.44. The van der Waals surface area contributed by atoms with Gasteiger partial charge in [-0.2, -0.15) is 13.2 Å². The molecular formula is C29H41F3N6O3. The molecule has 2 saturated carbocycles. The third kappa shape index (κ3) is 5.38. The molecule has 1 amide bonds. The predicted octanol–water partition coefficient (Wildman–Crippen LogP) is 4.54. The smallest absolute Gasteiger partial charge is 0.418 e. The summed E-state index contributed by atoms with van der Waals surface area (Å²) in [6, 6.07) is 1.08. The molecule has 2 saturated heterocycles. The average Bonchev–Trinajstić information content (AvgIpc) is 3.51. The summed E-state index contributed by atoms with van der Waals surface area (Å²) in [7, 11) is 3.43. The molecular weight excluding hydrogens is 537 g/mol. The minimum atomic E-state index is -4.59. The van der Waals surface area contributed by atoms with Gasteiger partial charge >= 0.3 is 18.0 Å². The van der Waals surface area contributed by atoms with E-state index in [4.69, 9.17) is 4.74 Å². The van der Waals surface area contributed by atoms with Crippen LogP contribution in [0, 0.1) is 17.8 Å². The fraction of sp³-hybridized carbons (Fsp3) is 0.724. The first kappa shape index (κ1) is 28.5. The van der Waals surface area contributed by atoms with Gasteiger partial charge in [-0.25, -0.2) is 20.4 Å². The van der Waals surface area contributed by atoms with Crippen LogP contribution >= 0.6 is 0 Å². The molecule has 226 valence electrons. The number of nitrogens with zero attached hydrogens (tertiary/aromatic N) is 4. The van der Waals surface area contributed by atoms with Crippen LogP contribution < -0.4 is 16.5 Å². The molecule has 0 radical (unpaired) electrons. The Morgan fingerprint density at radius 3 is 2.37 bits per heavy atom. The van der Waals surface area contributed by atoms with Gasteiger partial charge in [0.2, 0.25) is 0 Å². The zero-order valence-corrected chi connectivity index (χ0v) is 23.8. The Morgan fingerprint density at radius 1 is 1.05 bits per heavy atom. The predicted molar refractivity (Wildman–Crippen MR) is 147 cm³/mol. The van der Waals surface area contributed by atoms with Crippen molar-refractivity contribution >= 4 is 11.6 Å². The Bertz CT molecular complexity index is 1310. The summed E-state index contributed by atoms with van der Waals surface area (Å²) in [5.41, 5.74) is 5.96. The third-order valence-corrected chi connectivity index (χ3v) is 10.3. The fourth-order valence-electron chi connectivity index (χ4n) is 7.87. The standard InChI is InChI=1S/C29H41F3N6O3/c1-35-17-33-34-26(35)25(19-5-3-6-19)20-7-4-8-22(13-20)37-16-24-23(29(30,31)32)14-21(15-38(24)27(37)39)18-9-11-36(12-10-18)28(40)41-2/h14-16,18-20,22,25-26,33-34H,3-13,17H2,1-2H3/t20?,22?,25-,26?/m1/s1. The van der Waals surface area contributed by atoms with Crippen LogP contribution in [0.1, 0.15) is 80.9 Å². The van der Waals surface area contributed by atoms with Gasteiger partial charge in [-0.3, -0.25) is 13.9 Å². The maximum absolute atomic E-state index is 14.4. The van der Waals surface area contributed by atoms with Crippen molar-refractivity contribution < 1.29 is 22.7 Å². The highest BCUT2D eigenvalue weighted by Crippen LogP contribution is 2.47. The normalized spacial score (nSPS) is 27.7. The van der Waals surface area contributed by atoms with Gasteiger partial charge < -0.3 is 9.64 Å². The van der Waals surface area contributed by atoms with E-state index in [9.17, 15) is 22.8 Å². The van der Waals surface area contributed by atoms with Crippen LogP contribution in [0.4, 0.5) is 18.0 Å². The molecule has 4 fully saturated rings. The lowest BCUT2D eigenvalue weighted by Gasteiger charge is -2.46. The Morgan fingerprint density at radius 2 is 1.76 bits per heavy atom. The van der Waals surface area contributed by atoms with Crippen molar-refractivity contribution in [1.29, 1.82) is 0 Å². The number of likely N-dealkylation sites (tertiary alicyclic amines) is 1. The molecule has 2 aliphatic heterocycles. The summed E-state index contributed by atoms with van der Waals surface area (Å²) in [4.78, 5) is 29.5. The van der Waals surface area contributed by atoms with E-state index < -0.39 is 23.5 Å². The van der Waals surface area contributed by atoms with Crippen LogP contribution in [0.3, 0.4) is 0 Å². The Kier molecular flexibility index (Phi) is 7.84. The molecule has 0 spiro atoms. The molecule has 2 aromatic rings. The van der Waals surface area contributed by atoms with Crippen LogP contribution in [0.2, 0.25) is 0 Å². The number of imidazole rings is 1. The largest absolute Gasteiger partial charge is 0.453 e. The van der Waals surface area contributed by atoms with Gasteiger partial charge in [0.05, 0.1) is 31.0 Å². The number of pyridine rings is 1. The summed E-state index contributed by atoms with van der Waals surface area (Å²) >= 11 is 0. The number of carbonyl (C=O) groups excluding carboxylic acids is 1. The van der Waals surface area contributed by atoms with Crippen LogP contribution in [-0.2, 0) is 10.9 Å². The van der Waals surface area contributed by atoms with Gasteiger partial charge in [0.15, 0.2) is 0 Å². The van der Waals surface area contributed by atoms with E-state index in [-0.39, 0.29) is 23.6 Å². The maximum Gasteiger partial charge on any atom is 0.418 e. The van der Waals surface area contributed by atoms with Crippen LogP contribution in [-0.4, -0.2) is 64.9 Å². The second kappa shape index (κ2) is 11.3. The Hall–Kier alpha value is -2.57. The number of methoxy groups -OCH3 is 1. The lowest BCUT2D eigenvalue weighted by atomic mass is 9.65. The van der Waals surface area contributed by atoms with E-state index in [2.05, 4.69) is 22.8 Å². The van der Waals surface area contributed by atoms with Crippen molar-refractivity contribution in [2.45, 2.75) is 82.1 Å². The Labute approximate surface area is 238 Å². The molecule has 2 aliphatic carbocycles. The van der Waals surface area contributed by atoms with E-state index in [0.717, 1.165) is 32.4 Å². The molecule has 3 unspecified atom stereocenters. The molecule has 2 aromatic heterocycles. The third-order valence-electron chi connectivity index (χ3n) is 10.3. The molecule has 6 rings (SSSR count). The number of piperidine rings is 1. The lowest BCUT2D eigenvalue weighted by molar-refractivity contribution is -0.136. The van der Waals surface area contributed by atoms with Gasteiger partial charge in [-0.15, -0.1) is 0 Å². The number of carbonyl (C=O) groups is 1. The summed E-state index contributed by atoms with van der Waals surface area (Å²) < 4.78 is 50.7. The number of ether oxygens (including phenoxy) is 1. The van der Waals surface area contributed by atoms with Crippen LogP contribution in [0.5, 0.6) is 0 Å². The zero-order chi connectivity index (χ0) is 28.9. The first-order valence-electron chi connectivity index (χ1n) is 15.0. The topological polar surface area (TPSA) is 83.2 Å². The second-order valence-electron chi connectivity index (χ2n) is 12.5. The zero-order valence-electron chi connectivity index (χ0n) is 23.8. The highest BCUT2D eigenvalue weighted by molar-refractivity contribution is 5.67. The summed E-state index contributed by atoms with van der Waals surface area (Å²) in [5.74, 6) is 1.29. The Balaban J connectivity index is 1.30. The van der Waals surface area contributed by atoms with E-state index in [1.807, 2.05) is 0 Å². The first-order valence-corrected chi connectivity index (χ1v) is 15.0. The first-order chi connectivity index (χ1) is 19.7. The molecule has 41 heavy (non-hydrogen) atoms. The van der Waals surface area contributed by atoms with Crippen molar-refractivity contribution in [3.63, 3.8) is 0 Å². The van der Waals surface area contributed by atoms with Crippen LogP contribution in [0.25, 0.3) is 5.52 Å². The minimum Gasteiger partial charge on any atom is -0.453 e. The van der Waals surface area contributed by atoms with E-state index in [1.54, 1.807) is 15.7 Å². The SMILES string of the molecule is COC(=O)N1CCC(c2cc(C(F)(F)F)c3cn(C4CCCC([C@@H](C5CCC5)C5NNCN5C)C4)c(=O)n3c2)CC1. The fourth-order valence-corrected chi connectivity index (χ4v) is 7.87. The lowest BCUT2D eigenvalue weighted by Crippen LogP contribution is -2.50. The van der Waals surface area contributed by atoms with Gasteiger partial charge in [0.25, 0.3) is 0 Å². The van der Waals surface area contributed by atoms with Gasteiger partial charge in [-0.05, 0) is 74.5 Å². The highest BCUT2D eigenvalue weighted by atomic mass is 19.4. The number of alkyl halides is 3. The van der Waals surface area contributed by atoms with Gasteiger partial charge in [-0.1, -0.05) is 25.7 Å². The van der Waals surface area contributed by atoms with Gasteiger partial charge in [0.1, 0.15) is 0 Å². The van der Waals surface area contributed by atoms with E-state index in [1.165, 1.54) is 43.0 Å². The number of amides is 1. The maximum atomic E-state index is 14.4. The number of halogens is 3. The molecule has 12 heteroatoms. The molecule has 0 bridgehead atoms. The quantitative estimate of drug-likeness (QED) is 0.543. The van der Waals surface area contributed by atoms with Crippen molar-refractivity contribution in [3.05, 3.63) is 40.1 Å². The number of rotatable bonds is 5. The molecule has 4 heterocycles. The van der Waals surface area contributed by atoms with Crippen molar-refractivity contribution in [2.24, 2.45) is 17.8 Å². The number of hydrogen-bond acceptors (Lipinski definition) is 6. The number of hydrazine groups is 1. The summed E-state index contributed by atoms with van der Waals surface area (Å²) in [5, 5.41) is 0. The summed E-state index contributed by atoms with van der Waals surface area (Å²) in [6.07, 6.45) is 6.56. The monoisotopic (exact) mass is 578 g/mol. The van der Waals surface area contributed by atoms with E-state index in [0.29, 0.717) is 49.2 Å². The molecule has 4 atom stereocenters. The van der Waals surface area contributed by atoms with Crippen molar-refractivity contribution in [2.75, 3.05) is 33.9 Å². The molecule has 4 aliphatic rings. The van der Waals surface area contributed by atoms with Crippen molar-refractivity contribution in [3.8, 4) is 0 Å². The van der Waals surface area contributed by atoms with Gasteiger partial charge in [0, 0.05) is 31.5 Å². The number of nitrogens with one attached hydrogen (secondary N) is 2. The average molecular weight is 579 g/mol. The van der Waals surface area contributed by atoms with E-state index >= 15 is 0 Å². The number of hydrogen-bond donors (Lipinski definition) is 2. The molecule has 9 nitrogen and oxygen atoms in total.